The van der Waals surface area contributed by atoms with Crippen molar-refractivity contribution in [1.82, 2.24) is 0 Å². The van der Waals surface area contributed by atoms with Crippen molar-refractivity contribution in [3.05, 3.63) is 69.7 Å². The molecule has 0 saturated carbocycles. The van der Waals surface area contributed by atoms with E-state index < -0.39 is 5.92 Å². The molecule has 0 saturated heterocycles. The first kappa shape index (κ1) is 14.2. The van der Waals surface area contributed by atoms with Crippen molar-refractivity contribution in [1.29, 1.82) is 0 Å². The molecule has 2 aromatic rings. The molecule has 4 heteroatoms. The number of aliphatic hydroxyl groups excluding tert-OH is 1. The molecular weight excluding hydrogens is 314 g/mol. The van der Waals surface area contributed by atoms with Gasteiger partial charge in [0.2, 0.25) is 0 Å². The largest absolute Gasteiger partial charge is 0.396 e. The molecule has 100 valence electrons. The Morgan fingerprint density at radius 2 is 1.79 bits per heavy atom. The van der Waals surface area contributed by atoms with Gasteiger partial charge in [-0.05, 0) is 35.7 Å². The molecule has 1 nitrogen and oxygen atoms in total. The van der Waals surface area contributed by atoms with Gasteiger partial charge in [0.25, 0.3) is 0 Å². The second-order valence-corrected chi connectivity index (χ2v) is 5.26. The van der Waals surface area contributed by atoms with Crippen molar-refractivity contribution in [2.45, 2.75) is 12.3 Å². The SMILES string of the molecule is OCC(Cc1ccc(Br)cc1F)c1ccccc1F. The van der Waals surface area contributed by atoms with Crippen LogP contribution in [0.4, 0.5) is 8.78 Å². The van der Waals surface area contributed by atoms with E-state index in [2.05, 4.69) is 15.9 Å². The van der Waals surface area contributed by atoms with Gasteiger partial charge in [-0.25, -0.2) is 8.78 Å². The fourth-order valence-corrected chi connectivity index (χ4v) is 2.36. The molecule has 1 unspecified atom stereocenters. The molecule has 0 heterocycles. The number of hydrogen-bond acceptors (Lipinski definition) is 1. The monoisotopic (exact) mass is 326 g/mol. The van der Waals surface area contributed by atoms with Gasteiger partial charge in [0.05, 0.1) is 6.61 Å². The van der Waals surface area contributed by atoms with Crippen molar-refractivity contribution in [2.24, 2.45) is 0 Å². The average Bonchev–Trinajstić information content (AvgIpc) is 2.39. The molecule has 0 bridgehead atoms. The Morgan fingerprint density at radius 3 is 2.42 bits per heavy atom. The third-order valence-corrected chi connectivity index (χ3v) is 3.54. The molecule has 0 radical (unpaired) electrons. The second-order valence-electron chi connectivity index (χ2n) is 4.34. The van der Waals surface area contributed by atoms with Crippen LogP contribution in [-0.4, -0.2) is 11.7 Å². The molecule has 1 atom stereocenters. The molecule has 0 amide bonds. The van der Waals surface area contributed by atoms with Crippen LogP contribution in [0.15, 0.2) is 46.9 Å². The lowest BCUT2D eigenvalue weighted by molar-refractivity contribution is 0.261. The van der Waals surface area contributed by atoms with Crippen LogP contribution in [0.1, 0.15) is 17.0 Å². The molecule has 0 spiro atoms. The van der Waals surface area contributed by atoms with Gasteiger partial charge in [-0.15, -0.1) is 0 Å². The third kappa shape index (κ3) is 3.39. The van der Waals surface area contributed by atoms with E-state index in [1.165, 1.54) is 12.1 Å². The summed E-state index contributed by atoms with van der Waals surface area (Å²) in [5.41, 5.74) is 0.873. The van der Waals surface area contributed by atoms with Gasteiger partial charge in [-0.2, -0.15) is 0 Å². The first-order valence-corrected chi connectivity index (χ1v) is 6.70. The molecule has 2 aromatic carbocycles. The van der Waals surface area contributed by atoms with E-state index in [1.807, 2.05) is 0 Å². The van der Waals surface area contributed by atoms with Crippen LogP contribution >= 0.6 is 15.9 Å². The Morgan fingerprint density at radius 1 is 1.05 bits per heavy atom. The first-order chi connectivity index (χ1) is 9.11. The predicted molar refractivity (Wildman–Crippen MR) is 74.0 cm³/mol. The summed E-state index contributed by atoms with van der Waals surface area (Å²) in [4.78, 5) is 0. The van der Waals surface area contributed by atoms with E-state index in [9.17, 15) is 13.9 Å². The lowest BCUT2D eigenvalue weighted by atomic mass is 9.92. The number of hydrogen-bond donors (Lipinski definition) is 1. The van der Waals surface area contributed by atoms with E-state index in [1.54, 1.807) is 30.3 Å². The zero-order chi connectivity index (χ0) is 13.8. The van der Waals surface area contributed by atoms with Gasteiger partial charge in [0.15, 0.2) is 0 Å². The smallest absolute Gasteiger partial charge is 0.127 e. The van der Waals surface area contributed by atoms with Crippen molar-refractivity contribution in [3.8, 4) is 0 Å². The van der Waals surface area contributed by atoms with E-state index in [0.717, 1.165) is 0 Å². The number of aliphatic hydroxyl groups is 1. The molecule has 0 aliphatic carbocycles. The zero-order valence-electron chi connectivity index (χ0n) is 10.1. The van der Waals surface area contributed by atoms with Gasteiger partial charge in [0.1, 0.15) is 11.6 Å². The van der Waals surface area contributed by atoms with Crippen LogP contribution in [0.2, 0.25) is 0 Å². The minimum Gasteiger partial charge on any atom is -0.396 e. The van der Waals surface area contributed by atoms with E-state index in [0.29, 0.717) is 15.6 Å². The number of halogens is 3. The molecular formula is C15H13BrF2O. The van der Waals surface area contributed by atoms with Gasteiger partial charge in [-0.3, -0.25) is 0 Å². The van der Waals surface area contributed by atoms with Crippen LogP contribution < -0.4 is 0 Å². The van der Waals surface area contributed by atoms with Crippen LogP contribution in [0.25, 0.3) is 0 Å². The van der Waals surface area contributed by atoms with Crippen LogP contribution in [0.5, 0.6) is 0 Å². The average molecular weight is 327 g/mol. The van der Waals surface area contributed by atoms with Gasteiger partial charge >= 0.3 is 0 Å². The minimum atomic E-state index is -0.447. The Labute approximate surface area is 119 Å². The minimum absolute atomic E-state index is 0.226. The summed E-state index contributed by atoms with van der Waals surface area (Å²) in [6.07, 6.45) is 0.260. The first-order valence-electron chi connectivity index (χ1n) is 5.91. The zero-order valence-corrected chi connectivity index (χ0v) is 11.7. The van der Waals surface area contributed by atoms with Crippen LogP contribution in [0.3, 0.4) is 0 Å². The fourth-order valence-electron chi connectivity index (χ4n) is 2.03. The highest BCUT2D eigenvalue weighted by molar-refractivity contribution is 9.10. The standard InChI is InChI=1S/C15H13BrF2O/c16-12-6-5-10(15(18)8-12)7-11(9-19)13-3-1-2-4-14(13)17/h1-6,8,11,19H,7,9H2. The van der Waals surface area contributed by atoms with Crippen molar-refractivity contribution >= 4 is 15.9 Å². The van der Waals surface area contributed by atoms with E-state index >= 15 is 0 Å². The Balaban J connectivity index is 2.27. The Kier molecular flexibility index (Phi) is 4.66. The summed E-state index contributed by atoms with van der Waals surface area (Å²) in [7, 11) is 0. The lowest BCUT2D eigenvalue weighted by Crippen LogP contribution is -2.10. The van der Waals surface area contributed by atoms with Crippen molar-refractivity contribution in [2.75, 3.05) is 6.61 Å². The predicted octanol–water partition coefficient (Wildman–Crippen LogP) is 4.05. The molecule has 0 aliphatic heterocycles. The second kappa shape index (κ2) is 6.26. The summed E-state index contributed by atoms with van der Waals surface area (Å²) in [5.74, 6) is -1.18. The van der Waals surface area contributed by atoms with Crippen molar-refractivity contribution in [3.63, 3.8) is 0 Å². The maximum atomic E-state index is 13.8. The van der Waals surface area contributed by atoms with Gasteiger partial charge in [0, 0.05) is 10.4 Å². The Bertz CT molecular complexity index is 572. The van der Waals surface area contributed by atoms with E-state index in [-0.39, 0.29) is 24.7 Å². The van der Waals surface area contributed by atoms with Gasteiger partial charge < -0.3 is 5.11 Å². The number of rotatable bonds is 4. The maximum Gasteiger partial charge on any atom is 0.127 e. The van der Waals surface area contributed by atoms with Crippen molar-refractivity contribution < 1.29 is 13.9 Å². The molecule has 0 aromatic heterocycles. The molecule has 19 heavy (non-hydrogen) atoms. The molecule has 0 aliphatic rings. The summed E-state index contributed by atoms with van der Waals surface area (Å²) >= 11 is 3.19. The molecule has 0 fully saturated rings. The van der Waals surface area contributed by atoms with E-state index in [4.69, 9.17) is 0 Å². The quantitative estimate of drug-likeness (QED) is 0.898. The third-order valence-electron chi connectivity index (χ3n) is 3.05. The maximum absolute atomic E-state index is 13.8. The number of benzene rings is 2. The molecule has 1 N–H and O–H groups in total. The lowest BCUT2D eigenvalue weighted by Gasteiger charge is -2.16. The highest BCUT2D eigenvalue weighted by Gasteiger charge is 2.17. The topological polar surface area (TPSA) is 20.2 Å². The molecule has 2 rings (SSSR count). The highest BCUT2D eigenvalue weighted by Crippen LogP contribution is 2.25. The normalized spacial score (nSPS) is 12.4. The highest BCUT2D eigenvalue weighted by atomic mass is 79.9. The Hall–Kier alpha value is -1.26. The summed E-state index contributed by atoms with van der Waals surface area (Å²) in [5, 5.41) is 9.41. The summed E-state index contributed by atoms with van der Waals surface area (Å²) in [6.45, 7) is -0.226. The fraction of sp³-hybridized carbons (Fsp3) is 0.200. The van der Waals surface area contributed by atoms with Crippen LogP contribution in [-0.2, 0) is 6.42 Å². The van der Waals surface area contributed by atoms with Gasteiger partial charge in [-0.1, -0.05) is 40.2 Å². The van der Waals surface area contributed by atoms with Crippen LogP contribution in [0, 0.1) is 11.6 Å². The summed E-state index contributed by atoms with van der Waals surface area (Å²) in [6, 6.07) is 11.0. The summed E-state index contributed by atoms with van der Waals surface area (Å²) < 4.78 is 28.1.